The van der Waals surface area contributed by atoms with Crippen molar-refractivity contribution in [2.24, 2.45) is 0 Å². The molecule has 1 heterocycles. The molecule has 0 saturated carbocycles. The van der Waals surface area contributed by atoms with Crippen LogP contribution in [0.1, 0.15) is 31.9 Å². The first-order valence-electron chi connectivity index (χ1n) is 4.30. The average molecular weight is 185 g/mol. The topological polar surface area (TPSA) is 25.8 Å². The van der Waals surface area contributed by atoms with Gasteiger partial charge in [-0.15, -0.1) is 0 Å². The molecule has 0 saturated heterocycles. The molecule has 0 aliphatic carbocycles. The molecule has 0 aliphatic rings. The number of unbranched alkanes of at least 4 members (excludes halogenated alkanes) is 2. The monoisotopic (exact) mass is 184 g/mol. The zero-order valence-electron chi connectivity index (χ0n) is 7.26. The van der Waals surface area contributed by atoms with Crippen LogP contribution in [0.25, 0.3) is 0 Å². The molecule has 1 aromatic heterocycles. The molecular weight excluding hydrogens is 172 g/mol. The lowest BCUT2D eigenvalue weighted by Crippen LogP contribution is -1.92. The molecule has 0 amide bonds. The summed E-state index contributed by atoms with van der Waals surface area (Å²) >= 11 is 5.83. The zero-order valence-corrected chi connectivity index (χ0v) is 8.01. The van der Waals surface area contributed by atoms with Gasteiger partial charge in [0, 0.05) is 12.4 Å². The third-order valence-electron chi connectivity index (χ3n) is 1.74. The molecular formula is C9H13ClN2. The third-order valence-corrected chi connectivity index (χ3v) is 2.06. The van der Waals surface area contributed by atoms with Gasteiger partial charge in [-0.3, -0.25) is 4.98 Å². The maximum Gasteiger partial charge on any atom is 0.150 e. The van der Waals surface area contributed by atoms with Gasteiger partial charge in [-0.2, -0.15) is 0 Å². The van der Waals surface area contributed by atoms with Crippen molar-refractivity contribution in [2.75, 3.05) is 0 Å². The van der Waals surface area contributed by atoms with Crippen molar-refractivity contribution in [1.29, 1.82) is 0 Å². The summed E-state index contributed by atoms with van der Waals surface area (Å²) in [6.07, 6.45) is 7.85. The summed E-state index contributed by atoms with van der Waals surface area (Å²) in [6.45, 7) is 2.18. The molecule has 2 nitrogen and oxygen atoms in total. The predicted molar refractivity (Wildman–Crippen MR) is 50.3 cm³/mol. The minimum Gasteiger partial charge on any atom is -0.256 e. The summed E-state index contributed by atoms with van der Waals surface area (Å²) in [5, 5.41) is 0.550. The Hall–Kier alpha value is -0.630. The number of hydrogen-bond acceptors (Lipinski definition) is 2. The lowest BCUT2D eigenvalue weighted by Gasteiger charge is -1.99. The van der Waals surface area contributed by atoms with Crippen molar-refractivity contribution in [3.63, 3.8) is 0 Å². The molecule has 0 N–H and O–H groups in total. The Labute approximate surface area is 78.0 Å². The molecule has 0 aliphatic heterocycles. The van der Waals surface area contributed by atoms with Gasteiger partial charge in [-0.25, -0.2) is 4.98 Å². The van der Waals surface area contributed by atoms with Gasteiger partial charge in [0.2, 0.25) is 0 Å². The van der Waals surface area contributed by atoms with Gasteiger partial charge in [-0.1, -0.05) is 31.4 Å². The van der Waals surface area contributed by atoms with E-state index in [9.17, 15) is 0 Å². The largest absolute Gasteiger partial charge is 0.256 e. The molecule has 12 heavy (non-hydrogen) atoms. The molecule has 1 aromatic rings. The van der Waals surface area contributed by atoms with Crippen molar-refractivity contribution < 1.29 is 0 Å². The highest BCUT2D eigenvalue weighted by atomic mass is 35.5. The Kier molecular flexibility index (Phi) is 4.01. The first-order valence-corrected chi connectivity index (χ1v) is 4.67. The van der Waals surface area contributed by atoms with Crippen molar-refractivity contribution in [2.45, 2.75) is 32.6 Å². The van der Waals surface area contributed by atoms with Crippen LogP contribution in [0, 0.1) is 0 Å². The fourth-order valence-electron chi connectivity index (χ4n) is 1.06. The Morgan fingerprint density at radius 3 is 2.67 bits per heavy atom. The molecule has 0 bridgehead atoms. The van der Waals surface area contributed by atoms with E-state index in [0.717, 1.165) is 18.5 Å². The van der Waals surface area contributed by atoms with E-state index in [1.165, 1.54) is 12.8 Å². The minimum atomic E-state index is 0.550. The number of halogens is 1. The molecule has 0 radical (unpaired) electrons. The summed E-state index contributed by atoms with van der Waals surface area (Å²) < 4.78 is 0. The van der Waals surface area contributed by atoms with E-state index in [1.807, 2.05) is 0 Å². The Balaban J connectivity index is 2.46. The molecule has 0 unspecified atom stereocenters. The van der Waals surface area contributed by atoms with Gasteiger partial charge in [0.15, 0.2) is 0 Å². The number of aromatic nitrogens is 2. The van der Waals surface area contributed by atoms with Crippen LogP contribution in [-0.4, -0.2) is 9.97 Å². The summed E-state index contributed by atoms with van der Waals surface area (Å²) in [5.74, 6) is 0. The Morgan fingerprint density at radius 2 is 2.00 bits per heavy atom. The van der Waals surface area contributed by atoms with E-state index < -0.39 is 0 Å². The van der Waals surface area contributed by atoms with E-state index in [1.54, 1.807) is 12.4 Å². The Bertz CT molecular complexity index is 238. The number of rotatable bonds is 4. The summed E-state index contributed by atoms with van der Waals surface area (Å²) in [5.41, 5.74) is 0.924. The van der Waals surface area contributed by atoms with E-state index in [4.69, 9.17) is 11.6 Å². The molecule has 0 aromatic carbocycles. The SMILES string of the molecule is CCCCCc1nccnc1Cl. The van der Waals surface area contributed by atoms with Gasteiger partial charge in [0.05, 0.1) is 5.69 Å². The maximum atomic E-state index is 5.83. The second kappa shape index (κ2) is 5.09. The molecule has 3 heteroatoms. The first-order chi connectivity index (χ1) is 5.84. The zero-order chi connectivity index (χ0) is 8.81. The average Bonchev–Trinajstić information content (AvgIpc) is 2.09. The fourth-order valence-corrected chi connectivity index (χ4v) is 1.26. The fraction of sp³-hybridized carbons (Fsp3) is 0.556. The van der Waals surface area contributed by atoms with Crippen LogP contribution in [0.15, 0.2) is 12.4 Å². The molecule has 0 atom stereocenters. The molecule has 66 valence electrons. The first kappa shape index (κ1) is 9.46. The minimum absolute atomic E-state index is 0.550. The maximum absolute atomic E-state index is 5.83. The lowest BCUT2D eigenvalue weighted by atomic mass is 10.2. The second-order valence-corrected chi connectivity index (χ2v) is 3.11. The summed E-state index contributed by atoms with van der Waals surface area (Å²) in [7, 11) is 0. The van der Waals surface area contributed by atoms with Crippen LogP contribution in [0.3, 0.4) is 0 Å². The summed E-state index contributed by atoms with van der Waals surface area (Å²) in [4.78, 5) is 8.12. The van der Waals surface area contributed by atoms with Crippen LogP contribution < -0.4 is 0 Å². The standard InChI is InChI=1S/C9H13ClN2/c1-2-3-4-5-8-9(10)12-7-6-11-8/h6-7H,2-5H2,1H3. The van der Waals surface area contributed by atoms with Gasteiger partial charge in [-0.05, 0) is 12.8 Å². The van der Waals surface area contributed by atoms with Crippen LogP contribution in [0.2, 0.25) is 5.15 Å². The number of nitrogens with zero attached hydrogens (tertiary/aromatic N) is 2. The van der Waals surface area contributed by atoms with Crippen LogP contribution in [0.4, 0.5) is 0 Å². The van der Waals surface area contributed by atoms with Crippen LogP contribution in [0.5, 0.6) is 0 Å². The number of hydrogen-bond donors (Lipinski definition) is 0. The van der Waals surface area contributed by atoms with Crippen molar-refractivity contribution in [1.82, 2.24) is 9.97 Å². The van der Waals surface area contributed by atoms with Gasteiger partial charge in [0.1, 0.15) is 5.15 Å². The highest BCUT2D eigenvalue weighted by Gasteiger charge is 2.00. The molecule has 0 fully saturated rings. The molecule has 1 rings (SSSR count). The van der Waals surface area contributed by atoms with Gasteiger partial charge < -0.3 is 0 Å². The normalized spacial score (nSPS) is 10.2. The smallest absolute Gasteiger partial charge is 0.150 e. The van der Waals surface area contributed by atoms with Crippen LogP contribution >= 0.6 is 11.6 Å². The lowest BCUT2D eigenvalue weighted by molar-refractivity contribution is 0.705. The predicted octanol–water partition coefficient (Wildman–Crippen LogP) is 2.86. The number of aryl methyl sites for hydroxylation is 1. The Morgan fingerprint density at radius 1 is 1.25 bits per heavy atom. The van der Waals surface area contributed by atoms with Crippen molar-refractivity contribution in [3.05, 3.63) is 23.2 Å². The van der Waals surface area contributed by atoms with Crippen molar-refractivity contribution >= 4 is 11.6 Å². The molecule has 0 spiro atoms. The van der Waals surface area contributed by atoms with E-state index >= 15 is 0 Å². The second-order valence-electron chi connectivity index (χ2n) is 2.75. The van der Waals surface area contributed by atoms with E-state index in [2.05, 4.69) is 16.9 Å². The van der Waals surface area contributed by atoms with Gasteiger partial charge in [0.25, 0.3) is 0 Å². The highest BCUT2D eigenvalue weighted by molar-refractivity contribution is 6.29. The summed E-state index contributed by atoms with van der Waals surface area (Å²) in [6, 6.07) is 0. The van der Waals surface area contributed by atoms with Crippen LogP contribution in [-0.2, 0) is 6.42 Å². The third kappa shape index (κ3) is 2.78. The highest BCUT2D eigenvalue weighted by Crippen LogP contribution is 2.11. The van der Waals surface area contributed by atoms with E-state index in [-0.39, 0.29) is 0 Å². The van der Waals surface area contributed by atoms with Gasteiger partial charge >= 0.3 is 0 Å². The quantitative estimate of drug-likeness (QED) is 0.673. The van der Waals surface area contributed by atoms with E-state index in [0.29, 0.717) is 5.15 Å². The van der Waals surface area contributed by atoms with Crippen molar-refractivity contribution in [3.8, 4) is 0 Å².